The van der Waals surface area contributed by atoms with E-state index >= 15 is 0 Å². The summed E-state index contributed by atoms with van der Waals surface area (Å²) in [6.45, 7) is 3.36. The number of likely N-dealkylation sites (tertiary alicyclic amines) is 1. The summed E-state index contributed by atoms with van der Waals surface area (Å²) in [5.41, 5.74) is 7.82. The molecule has 1 fully saturated rings. The van der Waals surface area contributed by atoms with Gasteiger partial charge in [0.25, 0.3) is 5.91 Å². The van der Waals surface area contributed by atoms with Gasteiger partial charge in [-0.3, -0.25) is 4.79 Å². The molecule has 2 N–H and O–H groups in total. The molecule has 0 aliphatic carbocycles. The topological polar surface area (TPSA) is 55.6 Å². The normalized spacial score (nSPS) is 19.1. The van der Waals surface area contributed by atoms with Crippen molar-refractivity contribution in [2.75, 3.05) is 19.7 Å². The van der Waals surface area contributed by atoms with Gasteiger partial charge in [0, 0.05) is 12.6 Å². The number of carbonyl (C=O) groups is 1. The molecule has 26 heavy (non-hydrogen) atoms. The van der Waals surface area contributed by atoms with E-state index in [4.69, 9.17) is 22.1 Å². The van der Waals surface area contributed by atoms with Gasteiger partial charge in [0.1, 0.15) is 5.75 Å². The van der Waals surface area contributed by atoms with Crippen molar-refractivity contribution in [3.63, 3.8) is 0 Å². The molecule has 1 aliphatic heterocycles. The number of benzene rings is 2. The van der Waals surface area contributed by atoms with Crippen LogP contribution in [0.15, 0.2) is 48.5 Å². The van der Waals surface area contributed by atoms with Crippen LogP contribution in [0.1, 0.15) is 13.3 Å². The second-order valence-electron chi connectivity index (χ2n) is 6.53. The van der Waals surface area contributed by atoms with E-state index in [2.05, 4.69) is 6.92 Å². The van der Waals surface area contributed by atoms with Gasteiger partial charge in [0.15, 0.2) is 6.61 Å². The number of nitrogens with two attached hydrogens (primary N) is 1. The van der Waals surface area contributed by atoms with Crippen LogP contribution in [0.5, 0.6) is 5.75 Å². The zero-order chi connectivity index (χ0) is 17.8. The summed E-state index contributed by atoms with van der Waals surface area (Å²) in [7, 11) is 0. The highest BCUT2D eigenvalue weighted by atomic mass is 35.5. The molecule has 2 aromatic rings. The monoisotopic (exact) mass is 394 g/mol. The molecule has 4 nitrogen and oxygen atoms in total. The molecular formula is C20H24Cl2N2O2. The number of hydrogen-bond donors (Lipinski definition) is 1. The summed E-state index contributed by atoms with van der Waals surface area (Å²) in [5.74, 6) is 0.885. The minimum absolute atomic E-state index is 0. The van der Waals surface area contributed by atoms with Gasteiger partial charge >= 0.3 is 0 Å². The minimum atomic E-state index is -0.0216. The Morgan fingerprint density at radius 1 is 1.23 bits per heavy atom. The molecule has 2 atom stereocenters. The lowest BCUT2D eigenvalue weighted by molar-refractivity contribution is -0.134. The maximum atomic E-state index is 12.4. The van der Waals surface area contributed by atoms with E-state index in [-0.39, 0.29) is 31.0 Å². The fraction of sp³-hybridized carbons (Fsp3) is 0.350. The third-order valence-corrected chi connectivity index (χ3v) is 5.00. The van der Waals surface area contributed by atoms with Gasteiger partial charge < -0.3 is 15.4 Å². The van der Waals surface area contributed by atoms with Crippen LogP contribution < -0.4 is 10.5 Å². The zero-order valence-electron chi connectivity index (χ0n) is 14.7. The standard InChI is InChI=1S/C20H23ClN2O2.ClH/c1-14-9-15(11-22)12-23(14)20(24)13-25-19-8-7-17(10-18(19)21)16-5-3-2-4-6-16;/h2-8,10,14-15H,9,11-13,22H2,1H3;1H. The van der Waals surface area contributed by atoms with E-state index in [0.29, 0.717) is 29.8 Å². The van der Waals surface area contributed by atoms with Crippen molar-refractivity contribution in [3.05, 3.63) is 53.6 Å². The molecule has 0 saturated carbocycles. The molecular weight excluding hydrogens is 371 g/mol. The predicted octanol–water partition coefficient (Wildman–Crippen LogP) is 4.00. The van der Waals surface area contributed by atoms with Gasteiger partial charge in [-0.15, -0.1) is 12.4 Å². The van der Waals surface area contributed by atoms with Gasteiger partial charge in [-0.25, -0.2) is 0 Å². The first-order valence-corrected chi connectivity index (χ1v) is 8.93. The average molecular weight is 395 g/mol. The van der Waals surface area contributed by atoms with Crippen LogP contribution in [0.3, 0.4) is 0 Å². The zero-order valence-corrected chi connectivity index (χ0v) is 16.3. The molecule has 140 valence electrons. The van der Waals surface area contributed by atoms with Crippen molar-refractivity contribution < 1.29 is 9.53 Å². The van der Waals surface area contributed by atoms with Gasteiger partial charge in [-0.2, -0.15) is 0 Å². The Hall–Kier alpha value is -1.75. The summed E-state index contributed by atoms with van der Waals surface area (Å²) in [6, 6.07) is 15.8. The van der Waals surface area contributed by atoms with Crippen LogP contribution in [0, 0.1) is 5.92 Å². The lowest BCUT2D eigenvalue weighted by atomic mass is 10.1. The largest absolute Gasteiger partial charge is 0.482 e. The third-order valence-electron chi connectivity index (χ3n) is 4.71. The predicted molar refractivity (Wildman–Crippen MR) is 108 cm³/mol. The number of ether oxygens (including phenoxy) is 1. The van der Waals surface area contributed by atoms with Crippen LogP contribution in [0.4, 0.5) is 0 Å². The van der Waals surface area contributed by atoms with E-state index in [1.165, 1.54) is 0 Å². The van der Waals surface area contributed by atoms with Crippen LogP contribution in [-0.2, 0) is 4.79 Å². The van der Waals surface area contributed by atoms with E-state index in [1.54, 1.807) is 0 Å². The summed E-state index contributed by atoms with van der Waals surface area (Å²) in [4.78, 5) is 14.3. The summed E-state index contributed by atoms with van der Waals surface area (Å²) < 4.78 is 5.66. The molecule has 1 amide bonds. The SMILES string of the molecule is CC1CC(CN)CN1C(=O)COc1ccc(-c2ccccc2)cc1Cl.Cl. The first kappa shape index (κ1) is 20.6. The second-order valence-corrected chi connectivity index (χ2v) is 6.94. The van der Waals surface area contributed by atoms with Gasteiger partial charge in [0.05, 0.1) is 5.02 Å². The van der Waals surface area contributed by atoms with Crippen molar-refractivity contribution in [3.8, 4) is 16.9 Å². The maximum absolute atomic E-state index is 12.4. The summed E-state index contributed by atoms with van der Waals surface area (Å²) in [5, 5.41) is 0.503. The third kappa shape index (κ3) is 4.70. The lowest BCUT2D eigenvalue weighted by Crippen LogP contribution is -2.37. The molecule has 1 heterocycles. The summed E-state index contributed by atoms with van der Waals surface area (Å²) >= 11 is 6.33. The Kier molecular flexibility index (Phi) is 7.33. The van der Waals surface area contributed by atoms with E-state index in [1.807, 2.05) is 53.4 Å². The first-order valence-electron chi connectivity index (χ1n) is 8.55. The Morgan fingerprint density at radius 3 is 2.58 bits per heavy atom. The second kappa shape index (κ2) is 9.26. The van der Waals surface area contributed by atoms with Crippen LogP contribution in [0.25, 0.3) is 11.1 Å². The Morgan fingerprint density at radius 2 is 1.96 bits per heavy atom. The van der Waals surface area contributed by atoms with E-state index in [9.17, 15) is 4.79 Å². The molecule has 0 radical (unpaired) electrons. The van der Waals surface area contributed by atoms with E-state index < -0.39 is 0 Å². The summed E-state index contributed by atoms with van der Waals surface area (Å²) in [6.07, 6.45) is 0.953. The van der Waals surface area contributed by atoms with Crippen molar-refractivity contribution in [1.82, 2.24) is 4.90 Å². The number of hydrogen-bond acceptors (Lipinski definition) is 3. The Bertz CT molecular complexity index is 740. The highest BCUT2D eigenvalue weighted by molar-refractivity contribution is 6.32. The smallest absolute Gasteiger partial charge is 0.260 e. The molecule has 0 spiro atoms. The van der Waals surface area contributed by atoms with Gasteiger partial charge in [-0.1, -0.05) is 48.0 Å². The maximum Gasteiger partial charge on any atom is 0.260 e. The van der Waals surface area contributed by atoms with Crippen LogP contribution in [-0.4, -0.2) is 36.5 Å². The average Bonchev–Trinajstić information content (AvgIpc) is 3.02. The fourth-order valence-electron chi connectivity index (χ4n) is 3.31. The number of amides is 1. The number of halogens is 2. The molecule has 1 saturated heterocycles. The minimum Gasteiger partial charge on any atom is -0.482 e. The van der Waals surface area contributed by atoms with Gasteiger partial charge in [-0.05, 0) is 49.1 Å². The van der Waals surface area contributed by atoms with Crippen LogP contribution >= 0.6 is 24.0 Å². The van der Waals surface area contributed by atoms with Crippen molar-refractivity contribution in [2.45, 2.75) is 19.4 Å². The quantitative estimate of drug-likeness (QED) is 0.833. The van der Waals surface area contributed by atoms with E-state index in [0.717, 1.165) is 17.5 Å². The highest BCUT2D eigenvalue weighted by Gasteiger charge is 2.31. The Labute approximate surface area is 165 Å². The molecule has 6 heteroatoms. The number of nitrogens with zero attached hydrogens (tertiary/aromatic N) is 1. The molecule has 0 aromatic heterocycles. The molecule has 2 aromatic carbocycles. The van der Waals surface area contributed by atoms with Crippen molar-refractivity contribution in [1.29, 1.82) is 0 Å². The highest BCUT2D eigenvalue weighted by Crippen LogP contribution is 2.30. The Balaban J connectivity index is 0.00000243. The van der Waals surface area contributed by atoms with Gasteiger partial charge in [0.2, 0.25) is 0 Å². The number of rotatable bonds is 5. The lowest BCUT2D eigenvalue weighted by Gasteiger charge is -2.21. The van der Waals surface area contributed by atoms with Crippen LogP contribution in [0.2, 0.25) is 5.02 Å². The molecule has 0 bridgehead atoms. The number of carbonyl (C=O) groups excluding carboxylic acids is 1. The first-order chi connectivity index (χ1) is 12.1. The van der Waals surface area contributed by atoms with Crippen molar-refractivity contribution >= 4 is 29.9 Å². The van der Waals surface area contributed by atoms with Crippen molar-refractivity contribution in [2.24, 2.45) is 11.7 Å². The molecule has 2 unspecified atom stereocenters. The molecule has 1 aliphatic rings. The fourth-order valence-corrected chi connectivity index (χ4v) is 3.55. The molecule has 3 rings (SSSR count).